The van der Waals surface area contributed by atoms with E-state index in [1.165, 1.54) is 19.2 Å². The molecule has 0 saturated carbocycles. The third-order valence-electron chi connectivity index (χ3n) is 3.56. The van der Waals surface area contributed by atoms with Crippen molar-refractivity contribution in [3.8, 4) is 5.75 Å². The zero-order valence-electron chi connectivity index (χ0n) is 15.1. The van der Waals surface area contributed by atoms with Gasteiger partial charge in [-0.3, -0.25) is 4.79 Å². The molecule has 2 aromatic rings. The first-order valence-electron chi connectivity index (χ1n) is 7.86. The van der Waals surface area contributed by atoms with E-state index < -0.39 is 28.5 Å². The molecule has 3 N–H and O–H groups in total. The Hall–Kier alpha value is -2.91. The second-order valence-corrected chi connectivity index (χ2v) is 7.47. The van der Waals surface area contributed by atoms with Gasteiger partial charge < -0.3 is 14.8 Å². The average Bonchev–Trinajstić information content (AvgIpc) is 2.57. The van der Waals surface area contributed by atoms with Crippen molar-refractivity contribution in [2.75, 3.05) is 19.0 Å². The standard InChI is InChI=1S/C18H20N2O6S/c1-11-6-12(2)8-13(7-11)20-17(21)10-26-18(22)15-9-14(27(19,23)24)4-5-16(15)25-3/h4-9H,10H2,1-3H3,(H,20,21)(H2,19,23,24). The summed E-state index contributed by atoms with van der Waals surface area (Å²) in [6, 6.07) is 9.05. The van der Waals surface area contributed by atoms with Gasteiger partial charge in [0.25, 0.3) is 5.91 Å². The van der Waals surface area contributed by atoms with Crippen molar-refractivity contribution in [2.24, 2.45) is 5.14 Å². The second-order valence-electron chi connectivity index (χ2n) is 5.91. The van der Waals surface area contributed by atoms with E-state index in [4.69, 9.17) is 14.6 Å². The van der Waals surface area contributed by atoms with E-state index in [-0.39, 0.29) is 16.2 Å². The summed E-state index contributed by atoms with van der Waals surface area (Å²) >= 11 is 0. The summed E-state index contributed by atoms with van der Waals surface area (Å²) in [6.07, 6.45) is 0. The predicted octanol–water partition coefficient (Wildman–Crippen LogP) is 1.75. The van der Waals surface area contributed by atoms with Crippen LogP contribution in [0.1, 0.15) is 21.5 Å². The fraction of sp³-hybridized carbons (Fsp3) is 0.222. The molecular weight excluding hydrogens is 372 g/mol. The lowest BCUT2D eigenvalue weighted by Crippen LogP contribution is -2.21. The molecule has 8 nitrogen and oxygen atoms in total. The average molecular weight is 392 g/mol. The van der Waals surface area contributed by atoms with Gasteiger partial charge in [-0.2, -0.15) is 0 Å². The smallest absolute Gasteiger partial charge is 0.342 e. The maximum atomic E-state index is 12.3. The molecule has 2 aromatic carbocycles. The number of methoxy groups -OCH3 is 1. The van der Waals surface area contributed by atoms with Gasteiger partial charge in [-0.05, 0) is 55.3 Å². The Morgan fingerprint density at radius 2 is 1.70 bits per heavy atom. The van der Waals surface area contributed by atoms with Crippen molar-refractivity contribution in [3.05, 3.63) is 53.1 Å². The maximum absolute atomic E-state index is 12.3. The zero-order chi connectivity index (χ0) is 20.2. The van der Waals surface area contributed by atoms with Gasteiger partial charge in [0.1, 0.15) is 11.3 Å². The summed E-state index contributed by atoms with van der Waals surface area (Å²) in [5.74, 6) is -1.34. The van der Waals surface area contributed by atoms with Gasteiger partial charge in [0.15, 0.2) is 6.61 Å². The first-order valence-corrected chi connectivity index (χ1v) is 9.41. The number of nitrogens with two attached hydrogens (primary N) is 1. The van der Waals surface area contributed by atoms with Crippen molar-refractivity contribution in [1.82, 2.24) is 0 Å². The van der Waals surface area contributed by atoms with Crippen molar-refractivity contribution >= 4 is 27.6 Å². The van der Waals surface area contributed by atoms with E-state index in [1.54, 1.807) is 12.1 Å². The quantitative estimate of drug-likeness (QED) is 0.722. The highest BCUT2D eigenvalue weighted by Gasteiger charge is 2.19. The molecule has 144 valence electrons. The largest absolute Gasteiger partial charge is 0.496 e. The number of primary sulfonamides is 1. The number of hydrogen-bond acceptors (Lipinski definition) is 6. The molecule has 1 amide bonds. The number of aryl methyl sites for hydroxylation is 2. The molecule has 0 aliphatic carbocycles. The van der Waals surface area contributed by atoms with Crippen LogP contribution in [0.15, 0.2) is 41.3 Å². The van der Waals surface area contributed by atoms with Crippen LogP contribution in [0.5, 0.6) is 5.75 Å². The Balaban J connectivity index is 2.09. The molecule has 0 aliphatic rings. The van der Waals surface area contributed by atoms with E-state index >= 15 is 0 Å². The summed E-state index contributed by atoms with van der Waals surface area (Å²) in [5.41, 5.74) is 2.39. The van der Waals surface area contributed by atoms with E-state index in [1.807, 2.05) is 19.9 Å². The Kier molecular flexibility index (Phi) is 6.19. The Labute approximate surface area is 157 Å². The zero-order valence-corrected chi connectivity index (χ0v) is 15.9. The van der Waals surface area contributed by atoms with E-state index in [2.05, 4.69) is 5.32 Å². The fourth-order valence-electron chi connectivity index (χ4n) is 2.48. The van der Waals surface area contributed by atoms with Gasteiger partial charge in [0.2, 0.25) is 10.0 Å². The lowest BCUT2D eigenvalue weighted by Gasteiger charge is -2.11. The second kappa shape index (κ2) is 8.19. The van der Waals surface area contributed by atoms with Crippen LogP contribution in [0, 0.1) is 13.8 Å². The molecule has 0 aromatic heterocycles. The third-order valence-corrected chi connectivity index (χ3v) is 4.47. The number of nitrogens with one attached hydrogen (secondary N) is 1. The van der Waals surface area contributed by atoms with Crippen molar-refractivity contribution in [3.63, 3.8) is 0 Å². The summed E-state index contributed by atoms with van der Waals surface area (Å²) in [6.45, 7) is 3.25. The van der Waals surface area contributed by atoms with Crippen molar-refractivity contribution < 1.29 is 27.5 Å². The third kappa shape index (κ3) is 5.53. The van der Waals surface area contributed by atoms with Crippen LogP contribution >= 0.6 is 0 Å². The molecule has 9 heteroatoms. The van der Waals surface area contributed by atoms with E-state index in [0.29, 0.717) is 5.69 Å². The molecule has 0 radical (unpaired) electrons. The number of anilines is 1. The van der Waals surface area contributed by atoms with Crippen molar-refractivity contribution in [1.29, 1.82) is 0 Å². The molecule has 0 heterocycles. The molecule has 0 aliphatic heterocycles. The van der Waals surface area contributed by atoms with Gasteiger partial charge in [0.05, 0.1) is 12.0 Å². The number of hydrogen-bond donors (Lipinski definition) is 2. The minimum atomic E-state index is -4.01. The van der Waals surface area contributed by atoms with Gasteiger partial charge in [-0.1, -0.05) is 6.07 Å². The summed E-state index contributed by atoms with van der Waals surface area (Å²) in [5, 5.41) is 7.70. The van der Waals surface area contributed by atoms with Crippen LogP contribution in [0.25, 0.3) is 0 Å². The van der Waals surface area contributed by atoms with Crippen LogP contribution in [0.2, 0.25) is 0 Å². The normalized spacial score (nSPS) is 11.0. The lowest BCUT2D eigenvalue weighted by molar-refractivity contribution is -0.119. The summed E-state index contributed by atoms with van der Waals surface area (Å²) in [7, 11) is -2.69. The highest BCUT2D eigenvalue weighted by atomic mass is 32.2. The molecular formula is C18H20N2O6S. The lowest BCUT2D eigenvalue weighted by atomic mass is 10.1. The van der Waals surface area contributed by atoms with Crippen LogP contribution in [0.3, 0.4) is 0 Å². The van der Waals surface area contributed by atoms with Crippen LogP contribution < -0.4 is 15.2 Å². The van der Waals surface area contributed by atoms with Crippen LogP contribution in [-0.2, 0) is 19.6 Å². The van der Waals surface area contributed by atoms with Crippen LogP contribution in [-0.4, -0.2) is 34.0 Å². The van der Waals surface area contributed by atoms with E-state index in [0.717, 1.165) is 17.2 Å². The molecule has 0 fully saturated rings. The number of ether oxygens (including phenoxy) is 2. The molecule has 0 bridgehead atoms. The van der Waals surface area contributed by atoms with Crippen LogP contribution in [0.4, 0.5) is 5.69 Å². The fourth-order valence-corrected chi connectivity index (χ4v) is 3.02. The first kappa shape index (κ1) is 20.4. The minimum absolute atomic E-state index is 0.0992. The summed E-state index contributed by atoms with van der Waals surface area (Å²) in [4.78, 5) is 24.0. The van der Waals surface area contributed by atoms with Gasteiger partial charge >= 0.3 is 5.97 Å². The monoisotopic (exact) mass is 392 g/mol. The topological polar surface area (TPSA) is 125 Å². The number of sulfonamides is 1. The molecule has 2 rings (SSSR count). The Bertz CT molecular complexity index is 965. The Morgan fingerprint density at radius 1 is 1.07 bits per heavy atom. The molecule has 0 spiro atoms. The number of rotatable bonds is 6. The SMILES string of the molecule is COc1ccc(S(N)(=O)=O)cc1C(=O)OCC(=O)Nc1cc(C)cc(C)c1. The number of esters is 1. The summed E-state index contributed by atoms with van der Waals surface area (Å²) < 4.78 is 32.9. The van der Waals surface area contributed by atoms with Gasteiger partial charge in [-0.15, -0.1) is 0 Å². The molecule has 0 atom stereocenters. The van der Waals surface area contributed by atoms with Gasteiger partial charge in [-0.25, -0.2) is 18.4 Å². The number of benzene rings is 2. The minimum Gasteiger partial charge on any atom is -0.496 e. The maximum Gasteiger partial charge on any atom is 0.342 e. The number of carbonyl (C=O) groups excluding carboxylic acids is 2. The first-order chi connectivity index (χ1) is 12.6. The van der Waals surface area contributed by atoms with Gasteiger partial charge in [0, 0.05) is 5.69 Å². The van der Waals surface area contributed by atoms with E-state index in [9.17, 15) is 18.0 Å². The molecule has 0 unspecified atom stereocenters. The van der Waals surface area contributed by atoms with Crippen molar-refractivity contribution in [2.45, 2.75) is 18.7 Å². The molecule has 27 heavy (non-hydrogen) atoms. The highest BCUT2D eigenvalue weighted by molar-refractivity contribution is 7.89. The highest BCUT2D eigenvalue weighted by Crippen LogP contribution is 2.23. The number of amides is 1. The number of carbonyl (C=O) groups is 2. The Morgan fingerprint density at radius 3 is 2.26 bits per heavy atom. The molecule has 0 saturated heterocycles. The predicted molar refractivity (Wildman–Crippen MR) is 99.2 cm³/mol.